The first-order chi connectivity index (χ1) is 7.16. The summed E-state index contributed by atoms with van der Waals surface area (Å²) < 4.78 is 2.44. The third-order valence-corrected chi connectivity index (χ3v) is 2.40. The molecule has 4 nitrogen and oxygen atoms in total. The van der Waals surface area contributed by atoms with Gasteiger partial charge in [0.2, 0.25) is 5.78 Å². The molecule has 0 bridgehead atoms. The first kappa shape index (κ1) is 10.0. The molecule has 0 aromatic carbocycles. The molecule has 15 heavy (non-hydrogen) atoms. The van der Waals surface area contributed by atoms with Gasteiger partial charge in [0.15, 0.2) is 0 Å². The summed E-state index contributed by atoms with van der Waals surface area (Å²) in [6, 6.07) is 3.47. The smallest absolute Gasteiger partial charge is 0.214 e. The molecular weight excluding hydrogens is 258 g/mol. The van der Waals surface area contributed by atoms with Crippen LogP contribution in [-0.2, 0) is 7.05 Å². The van der Waals surface area contributed by atoms with Gasteiger partial charge < -0.3 is 0 Å². The Kier molecular flexibility index (Phi) is 2.64. The van der Waals surface area contributed by atoms with Crippen LogP contribution < -0.4 is 0 Å². The van der Waals surface area contributed by atoms with Crippen LogP contribution in [-0.4, -0.2) is 20.5 Å². The van der Waals surface area contributed by atoms with Crippen molar-refractivity contribution in [2.75, 3.05) is 0 Å². The van der Waals surface area contributed by atoms with E-state index in [4.69, 9.17) is 0 Å². The Morgan fingerprint density at radius 2 is 2.20 bits per heavy atom. The third kappa shape index (κ3) is 2.12. The SMILES string of the molecule is Cn1cc(C(=O)c2ccc(Br)cn2)cn1. The normalized spacial score (nSPS) is 10.3. The topological polar surface area (TPSA) is 47.8 Å². The monoisotopic (exact) mass is 265 g/mol. The minimum atomic E-state index is -0.115. The van der Waals surface area contributed by atoms with E-state index in [1.807, 2.05) is 0 Å². The predicted molar refractivity (Wildman–Crippen MR) is 58.6 cm³/mol. The Bertz CT molecular complexity index is 490. The zero-order valence-electron chi connectivity index (χ0n) is 8.01. The maximum Gasteiger partial charge on any atom is 0.214 e. The van der Waals surface area contributed by atoms with Crippen molar-refractivity contribution in [1.82, 2.24) is 14.8 Å². The van der Waals surface area contributed by atoms with E-state index in [-0.39, 0.29) is 5.78 Å². The number of rotatable bonds is 2. The number of nitrogens with zero attached hydrogens (tertiary/aromatic N) is 3. The number of aryl methyl sites for hydroxylation is 1. The number of hydrogen-bond donors (Lipinski definition) is 0. The molecule has 0 fully saturated rings. The molecule has 2 rings (SSSR count). The van der Waals surface area contributed by atoms with Gasteiger partial charge in [0, 0.05) is 23.9 Å². The molecule has 0 amide bonds. The highest BCUT2D eigenvalue weighted by atomic mass is 79.9. The molecule has 0 unspecified atom stereocenters. The molecule has 0 radical (unpaired) electrons. The quantitative estimate of drug-likeness (QED) is 0.779. The summed E-state index contributed by atoms with van der Waals surface area (Å²) in [5, 5.41) is 3.94. The Morgan fingerprint density at radius 3 is 2.73 bits per heavy atom. The van der Waals surface area contributed by atoms with Crippen LogP contribution in [0.3, 0.4) is 0 Å². The van der Waals surface area contributed by atoms with E-state index >= 15 is 0 Å². The number of ketones is 1. The summed E-state index contributed by atoms with van der Waals surface area (Å²) in [5.74, 6) is -0.115. The highest BCUT2D eigenvalue weighted by Gasteiger charge is 2.11. The second-order valence-electron chi connectivity index (χ2n) is 3.09. The molecule has 76 valence electrons. The Hall–Kier alpha value is -1.49. The maximum atomic E-state index is 11.8. The summed E-state index contributed by atoms with van der Waals surface area (Å²) in [6.45, 7) is 0. The van der Waals surface area contributed by atoms with Gasteiger partial charge in [-0.3, -0.25) is 14.5 Å². The van der Waals surface area contributed by atoms with Crippen molar-refractivity contribution in [2.45, 2.75) is 0 Å². The van der Waals surface area contributed by atoms with Crippen molar-refractivity contribution in [3.05, 3.63) is 46.5 Å². The van der Waals surface area contributed by atoms with E-state index in [9.17, 15) is 4.79 Å². The molecule has 0 aliphatic rings. The lowest BCUT2D eigenvalue weighted by atomic mass is 10.1. The van der Waals surface area contributed by atoms with Crippen molar-refractivity contribution >= 4 is 21.7 Å². The molecule has 2 heterocycles. The van der Waals surface area contributed by atoms with Gasteiger partial charge in [0.1, 0.15) is 5.69 Å². The number of hydrogen-bond acceptors (Lipinski definition) is 3. The molecule has 0 spiro atoms. The molecule has 2 aromatic heterocycles. The number of carbonyl (C=O) groups is 1. The van der Waals surface area contributed by atoms with Crippen molar-refractivity contribution in [3.8, 4) is 0 Å². The fourth-order valence-corrected chi connectivity index (χ4v) is 1.43. The zero-order valence-corrected chi connectivity index (χ0v) is 9.60. The molecule has 0 atom stereocenters. The van der Waals surface area contributed by atoms with Gasteiger partial charge in [0.25, 0.3) is 0 Å². The maximum absolute atomic E-state index is 11.8. The van der Waals surface area contributed by atoms with E-state index in [1.54, 1.807) is 36.3 Å². The molecule has 0 saturated heterocycles. The van der Waals surface area contributed by atoms with Gasteiger partial charge in [-0.05, 0) is 28.1 Å². The van der Waals surface area contributed by atoms with E-state index in [1.165, 1.54) is 6.20 Å². The second kappa shape index (κ2) is 3.94. The second-order valence-corrected chi connectivity index (χ2v) is 4.01. The number of pyridine rings is 1. The Labute approximate surface area is 95.1 Å². The summed E-state index contributed by atoms with van der Waals surface area (Å²) in [4.78, 5) is 15.9. The molecule has 2 aromatic rings. The average molecular weight is 266 g/mol. The van der Waals surface area contributed by atoms with Crippen LogP contribution in [0.25, 0.3) is 0 Å². The summed E-state index contributed by atoms with van der Waals surface area (Å²) in [6.07, 6.45) is 4.81. The van der Waals surface area contributed by atoms with Crippen LogP contribution in [0.4, 0.5) is 0 Å². The lowest BCUT2D eigenvalue weighted by Crippen LogP contribution is -2.02. The molecule has 0 saturated carbocycles. The Balaban J connectivity index is 2.32. The van der Waals surface area contributed by atoms with Gasteiger partial charge in [0.05, 0.1) is 11.8 Å². The number of aromatic nitrogens is 3. The van der Waals surface area contributed by atoms with E-state index < -0.39 is 0 Å². The van der Waals surface area contributed by atoms with E-state index in [0.29, 0.717) is 11.3 Å². The van der Waals surface area contributed by atoms with Crippen LogP contribution in [0.2, 0.25) is 0 Å². The highest BCUT2D eigenvalue weighted by Crippen LogP contribution is 2.10. The van der Waals surface area contributed by atoms with Crippen LogP contribution in [0.15, 0.2) is 35.2 Å². The molecule has 5 heteroatoms. The molecule has 0 N–H and O–H groups in total. The minimum Gasteiger partial charge on any atom is -0.287 e. The molecule has 0 aliphatic heterocycles. The van der Waals surface area contributed by atoms with Crippen molar-refractivity contribution in [2.24, 2.45) is 7.05 Å². The summed E-state index contributed by atoms with van der Waals surface area (Å²) in [7, 11) is 1.77. The fraction of sp³-hybridized carbons (Fsp3) is 0.100. The van der Waals surface area contributed by atoms with Crippen molar-refractivity contribution in [3.63, 3.8) is 0 Å². The van der Waals surface area contributed by atoms with Gasteiger partial charge in [-0.15, -0.1) is 0 Å². The van der Waals surface area contributed by atoms with Crippen LogP contribution in [0, 0.1) is 0 Å². The predicted octanol–water partition coefficient (Wildman–Crippen LogP) is 1.81. The van der Waals surface area contributed by atoms with E-state index in [0.717, 1.165) is 4.47 Å². The summed E-state index contributed by atoms with van der Waals surface area (Å²) in [5.41, 5.74) is 0.971. The van der Waals surface area contributed by atoms with Crippen LogP contribution in [0.5, 0.6) is 0 Å². The van der Waals surface area contributed by atoms with Crippen LogP contribution >= 0.6 is 15.9 Å². The standard InChI is InChI=1S/C10H8BrN3O/c1-14-6-7(4-13-14)10(15)9-3-2-8(11)5-12-9/h2-6H,1H3. The van der Waals surface area contributed by atoms with E-state index in [2.05, 4.69) is 26.0 Å². The fourth-order valence-electron chi connectivity index (χ4n) is 1.20. The highest BCUT2D eigenvalue weighted by molar-refractivity contribution is 9.10. The first-order valence-electron chi connectivity index (χ1n) is 4.32. The van der Waals surface area contributed by atoms with Gasteiger partial charge in [-0.2, -0.15) is 5.10 Å². The summed E-state index contributed by atoms with van der Waals surface area (Å²) >= 11 is 3.26. The minimum absolute atomic E-state index is 0.115. The van der Waals surface area contributed by atoms with Gasteiger partial charge >= 0.3 is 0 Å². The number of halogens is 1. The van der Waals surface area contributed by atoms with Gasteiger partial charge in [-0.1, -0.05) is 0 Å². The van der Waals surface area contributed by atoms with Gasteiger partial charge in [-0.25, -0.2) is 0 Å². The van der Waals surface area contributed by atoms with Crippen LogP contribution in [0.1, 0.15) is 16.1 Å². The molecule has 0 aliphatic carbocycles. The largest absolute Gasteiger partial charge is 0.287 e. The third-order valence-electron chi connectivity index (χ3n) is 1.93. The van der Waals surface area contributed by atoms with Crippen molar-refractivity contribution < 1.29 is 4.79 Å². The Morgan fingerprint density at radius 1 is 1.40 bits per heavy atom. The zero-order chi connectivity index (χ0) is 10.8. The number of carbonyl (C=O) groups excluding carboxylic acids is 1. The lowest BCUT2D eigenvalue weighted by molar-refractivity contribution is 0.103. The first-order valence-corrected chi connectivity index (χ1v) is 5.11. The van der Waals surface area contributed by atoms with Crippen molar-refractivity contribution in [1.29, 1.82) is 0 Å². The lowest BCUT2D eigenvalue weighted by Gasteiger charge is -1.96. The molecular formula is C10H8BrN3O. The average Bonchev–Trinajstić information content (AvgIpc) is 2.65.